The number of imide groups is 1. The summed E-state index contributed by atoms with van der Waals surface area (Å²) in [6.45, 7) is 14.5. The molecular formula is C30H42N2O4. The molecule has 6 nitrogen and oxygen atoms in total. The molecule has 196 valence electrons. The zero-order chi connectivity index (χ0) is 26.6. The average molecular weight is 495 g/mol. The average Bonchev–Trinajstić information content (AvgIpc) is 3.09. The summed E-state index contributed by atoms with van der Waals surface area (Å²) in [6, 6.07) is 19.9. The van der Waals surface area contributed by atoms with E-state index in [2.05, 4.69) is 36.1 Å². The standard InChI is InChI=1S/C30H42N2O4/c1-20(2)26(33)25(28(34)32-27(21(3)4)30(6,7)36-29(32)35)19-31(18-23-14-10-8-11-15-23)22(5)24-16-12-9-13-17-24/h8-17,20-22,25-27,33H,18-19H2,1-7H3/t22-,25+,26-,27+/m1/s1. The third-order valence-electron chi connectivity index (χ3n) is 7.31. The Morgan fingerprint density at radius 3 is 2.08 bits per heavy atom. The number of benzene rings is 2. The van der Waals surface area contributed by atoms with Gasteiger partial charge in [0.2, 0.25) is 5.91 Å². The molecule has 0 aliphatic carbocycles. The van der Waals surface area contributed by atoms with Gasteiger partial charge in [0.05, 0.1) is 18.1 Å². The van der Waals surface area contributed by atoms with Gasteiger partial charge in [-0.15, -0.1) is 0 Å². The molecular weight excluding hydrogens is 452 g/mol. The monoisotopic (exact) mass is 494 g/mol. The molecule has 0 aromatic heterocycles. The number of rotatable bonds is 10. The third-order valence-corrected chi connectivity index (χ3v) is 7.31. The maximum absolute atomic E-state index is 14.1. The van der Waals surface area contributed by atoms with E-state index in [1.807, 2.05) is 77.9 Å². The van der Waals surface area contributed by atoms with Gasteiger partial charge in [-0.1, -0.05) is 88.4 Å². The van der Waals surface area contributed by atoms with Crippen LogP contribution in [0.3, 0.4) is 0 Å². The molecule has 2 aromatic carbocycles. The molecule has 1 N–H and O–H groups in total. The van der Waals surface area contributed by atoms with Crippen molar-refractivity contribution >= 4 is 12.0 Å². The fraction of sp³-hybridized carbons (Fsp3) is 0.533. The van der Waals surface area contributed by atoms with Crippen LogP contribution in [0.15, 0.2) is 60.7 Å². The highest BCUT2D eigenvalue weighted by Gasteiger charge is 2.53. The van der Waals surface area contributed by atoms with Crippen LogP contribution >= 0.6 is 0 Å². The van der Waals surface area contributed by atoms with Crippen molar-refractivity contribution in [1.29, 1.82) is 0 Å². The molecule has 2 amide bonds. The minimum Gasteiger partial charge on any atom is -0.441 e. The van der Waals surface area contributed by atoms with Crippen molar-refractivity contribution in [2.45, 2.75) is 78.8 Å². The Morgan fingerprint density at radius 1 is 1.00 bits per heavy atom. The molecule has 0 spiro atoms. The number of hydrogen-bond donors (Lipinski definition) is 1. The van der Waals surface area contributed by atoms with Crippen molar-refractivity contribution in [1.82, 2.24) is 9.80 Å². The summed E-state index contributed by atoms with van der Waals surface area (Å²) in [4.78, 5) is 30.5. The van der Waals surface area contributed by atoms with Crippen LogP contribution in [0, 0.1) is 17.8 Å². The quantitative estimate of drug-likeness (QED) is 0.461. The summed E-state index contributed by atoms with van der Waals surface area (Å²) >= 11 is 0. The highest BCUT2D eigenvalue weighted by Crippen LogP contribution is 2.36. The molecule has 2 aromatic rings. The SMILES string of the molecule is CC(C)[C@@H](O)[C@H](CN(Cc1ccccc1)[C@H](C)c1ccccc1)C(=O)N1C(=O)OC(C)(C)[C@@H]1C(C)C. The van der Waals surface area contributed by atoms with Gasteiger partial charge in [-0.2, -0.15) is 0 Å². The molecule has 3 rings (SSSR count). The Hall–Kier alpha value is -2.70. The van der Waals surface area contributed by atoms with Gasteiger partial charge in [-0.25, -0.2) is 9.69 Å². The maximum Gasteiger partial charge on any atom is 0.417 e. The minimum atomic E-state index is -0.914. The molecule has 4 atom stereocenters. The van der Waals surface area contributed by atoms with E-state index in [9.17, 15) is 14.7 Å². The lowest BCUT2D eigenvalue weighted by atomic mass is 9.86. The molecule has 0 bridgehead atoms. The summed E-state index contributed by atoms with van der Waals surface area (Å²) in [5, 5.41) is 11.3. The number of ether oxygens (including phenoxy) is 1. The first-order valence-corrected chi connectivity index (χ1v) is 13.0. The topological polar surface area (TPSA) is 70.1 Å². The van der Waals surface area contributed by atoms with E-state index in [1.165, 1.54) is 4.90 Å². The van der Waals surface area contributed by atoms with Gasteiger partial charge in [0, 0.05) is 19.1 Å². The van der Waals surface area contributed by atoms with Gasteiger partial charge in [0.25, 0.3) is 0 Å². The van der Waals surface area contributed by atoms with Gasteiger partial charge < -0.3 is 9.84 Å². The molecule has 1 fully saturated rings. The fourth-order valence-corrected chi connectivity index (χ4v) is 5.43. The van der Waals surface area contributed by atoms with E-state index in [0.717, 1.165) is 11.1 Å². The Labute approximate surface area is 216 Å². The van der Waals surface area contributed by atoms with Crippen molar-refractivity contribution in [3.63, 3.8) is 0 Å². The van der Waals surface area contributed by atoms with Crippen LogP contribution in [0.1, 0.15) is 65.6 Å². The van der Waals surface area contributed by atoms with E-state index >= 15 is 0 Å². The van der Waals surface area contributed by atoms with Crippen molar-refractivity contribution in [3.05, 3.63) is 71.8 Å². The summed E-state index contributed by atoms with van der Waals surface area (Å²) in [5.74, 6) is -1.31. The lowest BCUT2D eigenvalue weighted by Gasteiger charge is -2.38. The largest absolute Gasteiger partial charge is 0.441 e. The Bertz CT molecular complexity index is 1010. The van der Waals surface area contributed by atoms with Gasteiger partial charge >= 0.3 is 6.09 Å². The molecule has 6 heteroatoms. The Balaban J connectivity index is 1.99. The molecule has 1 saturated heterocycles. The van der Waals surface area contributed by atoms with Crippen LogP contribution in [0.5, 0.6) is 0 Å². The highest BCUT2D eigenvalue weighted by atomic mass is 16.6. The van der Waals surface area contributed by atoms with E-state index in [0.29, 0.717) is 13.1 Å². The first kappa shape index (κ1) is 27.9. The molecule has 1 aliphatic rings. The van der Waals surface area contributed by atoms with E-state index in [4.69, 9.17) is 4.74 Å². The molecule has 1 heterocycles. The van der Waals surface area contributed by atoms with E-state index in [-0.39, 0.29) is 23.8 Å². The highest BCUT2D eigenvalue weighted by molar-refractivity contribution is 5.95. The second-order valence-corrected chi connectivity index (χ2v) is 11.2. The number of carbonyl (C=O) groups excluding carboxylic acids is 2. The number of aliphatic hydroxyl groups excluding tert-OH is 1. The fourth-order valence-electron chi connectivity index (χ4n) is 5.43. The van der Waals surface area contributed by atoms with Crippen LogP contribution in [0.25, 0.3) is 0 Å². The first-order chi connectivity index (χ1) is 16.9. The third kappa shape index (κ3) is 6.16. The van der Waals surface area contributed by atoms with E-state index in [1.54, 1.807) is 0 Å². The number of aliphatic hydroxyl groups is 1. The second kappa shape index (κ2) is 11.6. The van der Waals surface area contributed by atoms with Crippen LogP contribution in [0.4, 0.5) is 4.79 Å². The van der Waals surface area contributed by atoms with Crippen LogP contribution < -0.4 is 0 Å². The predicted molar refractivity (Wildman–Crippen MR) is 142 cm³/mol. The van der Waals surface area contributed by atoms with Gasteiger partial charge in [-0.05, 0) is 43.7 Å². The molecule has 36 heavy (non-hydrogen) atoms. The maximum atomic E-state index is 14.1. The Morgan fingerprint density at radius 2 is 1.56 bits per heavy atom. The van der Waals surface area contributed by atoms with Crippen molar-refractivity contribution in [2.75, 3.05) is 6.54 Å². The van der Waals surface area contributed by atoms with E-state index < -0.39 is 29.8 Å². The Kier molecular flexibility index (Phi) is 8.96. The predicted octanol–water partition coefficient (Wildman–Crippen LogP) is 5.66. The smallest absolute Gasteiger partial charge is 0.417 e. The number of hydrogen-bond acceptors (Lipinski definition) is 5. The molecule has 0 unspecified atom stereocenters. The molecule has 1 aliphatic heterocycles. The van der Waals surface area contributed by atoms with Crippen molar-refractivity contribution < 1.29 is 19.4 Å². The zero-order valence-corrected chi connectivity index (χ0v) is 22.7. The van der Waals surface area contributed by atoms with Crippen molar-refractivity contribution in [2.24, 2.45) is 17.8 Å². The number of cyclic esters (lactones) is 1. The minimum absolute atomic E-state index is 0.0101. The number of amides is 2. The number of carbonyl (C=O) groups is 2. The first-order valence-electron chi connectivity index (χ1n) is 13.0. The van der Waals surface area contributed by atoms with Crippen LogP contribution in [0.2, 0.25) is 0 Å². The summed E-state index contributed by atoms with van der Waals surface area (Å²) in [6.07, 6.45) is -1.54. The molecule has 0 radical (unpaired) electrons. The number of nitrogens with zero attached hydrogens (tertiary/aromatic N) is 2. The molecule has 0 saturated carbocycles. The van der Waals surface area contributed by atoms with Crippen LogP contribution in [-0.4, -0.2) is 51.2 Å². The van der Waals surface area contributed by atoms with Gasteiger partial charge in [0.1, 0.15) is 5.60 Å². The normalized spacial score (nSPS) is 20.0. The zero-order valence-electron chi connectivity index (χ0n) is 22.7. The van der Waals surface area contributed by atoms with Crippen LogP contribution in [-0.2, 0) is 16.1 Å². The lowest BCUT2D eigenvalue weighted by Crippen LogP contribution is -2.54. The van der Waals surface area contributed by atoms with Crippen molar-refractivity contribution in [3.8, 4) is 0 Å². The van der Waals surface area contributed by atoms with Gasteiger partial charge in [-0.3, -0.25) is 9.69 Å². The lowest BCUT2D eigenvalue weighted by molar-refractivity contribution is -0.141. The van der Waals surface area contributed by atoms with Gasteiger partial charge in [0.15, 0.2) is 0 Å². The summed E-state index contributed by atoms with van der Waals surface area (Å²) in [5.41, 5.74) is 1.45. The summed E-state index contributed by atoms with van der Waals surface area (Å²) < 4.78 is 5.64. The second-order valence-electron chi connectivity index (χ2n) is 11.2. The summed E-state index contributed by atoms with van der Waals surface area (Å²) in [7, 11) is 0.